The van der Waals surface area contributed by atoms with Crippen LogP contribution in [0.1, 0.15) is 50.6 Å². The molecule has 3 rings (SSSR count). The van der Waals surface area contributed by atoms with Crippen LogP contribution >= 0.6 is 0 Å². The minimum atomic E-state index is -0.155. The topological polar surface area (TPSA) is 72.9 Å². The zero-order valence-corrected chi connectivity index (χ0v) is 15.4. The van der Waals surface area contributed by atoms with E-state index in [0.29, 0.717) is 19.4 Å². The minimum Gasteiger partial charge on any atom is -0.396 e. The number of nitrogens with zero attached hydrogens (tertiary/aromatic N) is 2. The molecular weight excluding hydrogens is 330 g/mol. The zero-order chi connectivity index (χ0) is 18.5. The van der Waals surface area contributed by atoms with Crippen LogP contribution in [0.25, 0.3) is 0 Å². The van der Waals surface area contributed by atoms with E-state index in [1.54, 1.807) is 0 Å². The highest BCUT2D eigenvalue weighted by Crippen LogP contribution is 2.26. The third-order valence-electron chi connectivity index (χ3n) is 5.59. The van der Waals surface area contributed by atoms with Crippen molar-refractivity contribution in [1.82, 2.24) is 15.1 Å². The lowest BCUT2D eigenvalue weighted by atomic mass is 10.00. The molecule has 3 amide bonds. The highest BCUT2D eigenvalue weighted by Gasteiger charge is 2.35. The summed E-state index contributed by atoms with van der Waals surface area (Å²) in [5, 5.41) is 12.3. The molecule has 2 aliphatic rings. The number of carbonyl (C=O) groups is 2. The largest absolute Gasteiger partial charge is 0.396 e. The first-order chi connectivity index (χ1) is 12.6. The van der Waals surface area contributed by atoms with Gasteiger partial charge in [-0.15, -0.1) is 0 Å². The van der Waals surface area contributed by atoms with Crippen molar-refractivity contribution >= 4 is 11.9 Å². The number of likely N-dealkylation sites (tertiary alicyclic amines) is 2. The van der Waals surface area contributed by atoms with Crippen LogP contribution in [0.2, 0.25) is 0 Å². The van der Waals surface area contributed by atoms with Gasteiger partial charge < -0.3 is 20.2 Å². The summed E-state index contributed by atoms with van der Waals surface area (Å²) in [6.07, 6.45) is 4.00. The fraction of sp³-hybridized carbons (Fsp3) is 0.600. The quantitative estimate of drug-likeness (QED) is 0.847. The molecule has 142 valence electrons. The van der Waals surface area contributed by atoms with Gasteiger partial charge in [0.1, 0.15) is 0 Å². The van der Waals surface area contributed by atoms with Crippen LogP contribution in [-0.2, 0) is 4.79 Å². The van der Waals surface area contributed by atoms with Crippen LogP contribution in [0.5, 0.6) is 0 Å². The van der Waals surface area contributed by atoms with Crippen molar-refractivity contribution in [3.8, 4) is 0 Å². The fourth-order valence-corrected chi connectivity index (χ4v) is 4.09. The third kappa shape index (κ3) is 4.18. The Morgan fingerprint density at radius 1 is 1.31 bits per heavy atom. The number of nitrogens with one attached hydrogen (secondary N) is 1. The Bertz CT molecular complexity index is 620. The molecule has 2 fully saturated rings. The number of hydrogen-bond acceptors (Lipinski definition) is 3. The Morgan fingerprint density at radius 2 is 2.08 bits per heavy atom. The summed E-state index contributed by atoms with van der Waals surface area (Å²) in [4.78, 5) is 28.8. The van der Waals surface area contributed by atoms with Gasteiger partial charge in [0.25, 0.3) is 0 Å². The first kappa shape index (κ1) is 18.7. The Hall–Kier alpha value is -2.08. The molecule has 0 aromatic heterocycles. The number of benzene rings is 1. The standard InChI is InChI=1S/C20H29N3O3/c1-15(16-7-3-2-4-8-16)23-14-17(13-19(23)25)21-20(26)22-11-6-5-9-18(22)10-12-24/h2-4,7-8,15,17-18,24H,5-6,9-14H2,1H3,(H,21,26). The fourth-order valence-electron chi connectivity index (χ4n) is 4.09. The molecule has 0 radical (unpaired) electrons. The monoisotopic (exact) mass is 359 g/mol. The second kappa shape index (κ2) is 8.54. The lowest BCUT2D eigenvalue weighted by Gasteiger charge is -2.36. The molecule has 2 aliphatic heterocycles. The van der Waals surface area contributed by atoms with Crippen LogP contribution in [0, 0.1) is 0 Å². The maximum Gasteiger partial charge on any atom is 0.317 e. The maximum atomic E-state index is 12.7. The predicted octanol–water partition coefficient (Wildman–Crippen LogP) is 2.29. The molecule has 2 saturated heterocycles. The van der Waals surface area contributed by atoms with Gasteiger partial charge in [-0.2, -0.15) is 0 Å². The maximum absolute atomic E-state index is 12.7. The minimum absolute atomic E-state index is 0.00252. The van der Waals surface area contributed by atoms with E-state index in [9.17, 15) is 14.7 Å². The van der Waals surface area contributed by atoms with Crippen molar-refractivity contribution in [3.05, 3.63) is 35.9 Å². The molecule has 1 aromatic carbocycles. The number of aliphatic hydroxyl groups is 1. The summed E-state index contributed by atoms with van der Waals surface area (Å²) in [5.41, 5.74) is 1.10. The van der Waals surface area contributed by atoms with Crippen molar-refractivity contribution < 1.29 is 14.7 Å². The highest BCUT2D eigenvalue weighted by atomic mass is 16.3. The molecule has 3 unspecified atom stereocenters. The number of aliphatic hydroxyl groups excluding tert-OH is 1. The van der Waals surface area contributed by atoms with Crippen molar-refractivity contribution in [2.24, 2.45) is 0 Å². The molecule has 3 atom stereocenters. The first-order valence-corrected chi connectivity index (χ1v) is 9.62. The van der Waals surface area contributed by atoms with Crippen LogP contribution in [0.3, 0.4) is 0 Å². The van der Waals surface area contributed by atoms with E-state index < -0.39 is 0 Å². The van der Waals surface area contributed by atoms with Gasteiger partial charge in [-0.1, -0.05) is 30.3 Å². The zero-order valence-electron chi connectivity index (χ0n) is 15.4. The molecule has 2 N–H and O–H groups in total. The molecule has 1 aromatic rings. The van der Waals surface area contributed by atoms with Crippen molar-refractivity contribution in [1.29, 1.82) is 0 Å². The van der Waals surface area contributed by atoms with Gasteiger partial charge in [0.05, 0.1) is 12.1 Å². The Labute approximate surface area is 155 Å². The average molecular weight is 359 g/mol. The van der Waals surface area contributed by atoms with E-state index in [4.69, 9.17) is 0 Å². The molecule has 0 bridgehead atoms. The lowest BCUT2D eigenvalue weighted by molar-refractivity contribution is -0.129. The predicted molar refractivity (Wildman–Crippen MR) is 99.6 cm³/mol. The second-order valence-electron chi connectivity index (χ2n) is 7.34. The summed E-state index contributed by atoms with van der Waals surface area (Å²) in [7, 11) is 0. The lowest BCUT2D eigenvalue weighted by Crippen LogP contribution is -2.52. The summed E-state index contributed by atoms with van der Waals surface area (Å²) in [5.74, 6) is 0.0807. The summed E-state index contributed by atoms with van der Waals surface area (Å²) >= 11 is 0. The van der Waals surface area contributed by atoms with Crippen molar-refractivity contribution in [2.75, 3.05) is 19.7 Å². The normalized spacial score (nSPS) is 24.6. The molecule has 6 heteroatoms. The smallest absolute Gasteiger partial charge is 0.317 e. The van der Waals surface area contributed by atoms with Crippen LogP contribution < -0.4 is 5.32 Å². The summed E-state index contributed by atoms with van der Waals surface area (Å²) in [6.45, 7) is 3.39. The van der Waals surface area contributed by atoms with Gasteiger partial charge in [0, 0.05) is 32.2 Å². The molecule has 0 aliphatic carbocycles. The van der Waals surface area contributed by atoms with Crippen molar-refractivity contribution in [2.45, 2.75) is 57.2 Å². The third-order valence-corrected chi connectivity index (χ3v) is 5.59. The van der Waals surface area contributed by atoms with Crippen molar-refractivity contribution in [3.63, 3.8) is 0 Å². The molecule has 0 saturated carbocycles. The van der Waals surface area contributed by atoms with Crippen LogP contribution in [0.15, 0.2) is 30.3 Å². The second-order valence-corrected chi connectivity index (χ2v) is 7.34. The number of urea groups is 1. The molecular formula is C20H29N3O3. The summed E-state index contributed by atoms with van der Waals surface area (Å²) in [6, 6.07) is 9.81. The average Bonchev–Trinajstić information content (AvgIpc) is 3.02. The van der Waals surface area contributed by atoms with Crippen LogP contribution in [0.4, 0.5) is 4.79 Å². The van der Waals surface area contributed by atoms with E-state index in [1.807, 2.05) is 47.1 Å². The highest BCUT2D eigenvalue weighted by molar-refractivity contribution is 5.82. The Kier molecular flexibility index (Phi) is 6.14. The van der Waals surface area contributed by atoms with Gasteiger partial charge in [-0.25, -0.2) is 4.79 Å². The van der Waals surface area contributed by atoms with E-state index in [1.165, 1.54) is 0 Å². The molecule has 26 heavy (non-hydrogen) atoms. The van der Waals surface area contributed by atoms with E-state index in [2.05, 4.69) is 5.32 Å². The van der Waals surface area contributed by atoms with E-state index >= 15 is 0 Å². The first-order valence-electron chi connectivity index (χ1n) is 9.62. The number of rotatable bonds is 5. The van der Waals surface area contributed by atoms with Crippen LogP contribution in [-0.4, -0.2) is 58.6 Å². The molecule has 2 heterocycles. The van der Waals surface area contributed by atoms with Gasteiger partial charge >= 0.3 is 6.03 Å². The van der Waals surface area contributed by atoms with Gasteiger partial charge in [-0.05, 0) is 38.2 Å². The SMILES string of the molecule is CC(c1ccccc1)N1CC(NC(=O)N2CCCCC2CCO)CC1=O. The van der Waals surface area contributed by atoms with Gasteiger partial charge in [0.2, 0.25) is 5.91 Å². The number of hydrogen-bond donors (Lipinski definition) is 2. The Balaban J connectivity index is 1.59. The molecule has 6 nitrogen and oxygen atoms in total. The summed E-state index contributed by atoms with van der Waals surface area (Å²) < 4.78 is 0. The number of piperidine rings is 1. The number of carbonyl (C=O) groups excluding carboxylic acids is 2. The van der Waals surface area contributed by atoms with E-state index in [-0.39, 0.29) is 36.7 Å². The van der Waals surface area contributed by atoms with E-state index in [0.717, 1.165) is 31.4 Å². The number of amides is 3. The van der Waals surface area contributed by atoms with Gasteiger partial charge in [-0.3, -0.25) is 4.79 Å². The molecule has 0 spiro atoms. The van der Waals surface area contributed by atoms with Gasteiger partial charge in [0.15, 0.2) is 0 Å². The Morgan fingerprint density at radius 3 is 2.81 bits per heavy atom.